The van der Waals surface area contributed by atoms with Crippen molar-refractivity contribution in [2.45, 2.75) is 18.9 Å². The van der Waals surface area contributed by atoms with Crippen molar-refractivity contribution < 1.29 is 13.9 Å². The topological polar surface area (TPSA) is 62.1 Å². The number of benzene rings is 1. The monoisotopic (exact) mass is 248 g/mol. The molecule has 0 bridgehead atoms. The zero-order valence-corrected chi connectivity index (χ0v) is 9.94. The largest absolute Gasteiger partial charge is 0.497 e. The number of carbonyl (C=O) groups excluding carboxylic acids is 1. The minimum absolute atomic E-state index is 0.0725. The van der Waals surface area contributed by atoms with Gasteiger partial charge in [0.15, 0.2) is 0 Å². The molecule has 94 valence electrons. The van der Waals surface area contributed by atoms with Gasteiger partial charge in [0, 0.05) is 6.07 Å². The number of nitrogens with zero attached hydrogens (tertiary/aromatic N) is 1. The fraction of sp³-hybridized carbons (Fsp3) is 0.385. The maximum atomic E-state index is 13.6. The molecular weight excluding hydrogens is 235 g/mol. The second-order valence-corrected chi connectivity index (χ2v) is 4.26. The Balaban J connectivity index is 2.11. The van der Waals surface area contributed by atoms with E-state index in [0.29, 0.717) is 5.75 Å². The Labute approximate surface area is 104 Å². The summed E-state index contributed by atoms with van der Waals surface area (Å²) in [5.74, 6) is -0.656. The minimum atomic E-state index is -0.653. The van der Waals surface area contributed by atoms with E-state index in [-0.39, 0.29) is 11.5 Å². The van der Waals surface area contributed by atoms with Crippen LogP contribution in [0.2, 0.25) is 0 Å². The first-order valence-corrected chi connectivity index (χ1v) is 5.69. The highest BCUT2D eigenvalue weighted by molar-refractivity contribution is 5.95. The molecule has 1 N–H and O–H groups in total. The molecule has 1 aliphatic carbocycles. The third kappa shape index (κ3) is 2.59. The zero-order valence-electron chi connectivity index (χ0n) is 9.94. The third-order valence-electron chi connectivity index (χ3n) is 2.94. The lowest BCUT2D eigenvalue weighted by Crippen LogP contribution is -2.35. The highest BCUT2D eigenvalue weighted by Gasteiger charge is 2.32. The summed E-state index contributed by atoms with van der Waals surface area (Å²) in [5, 5.41) is 11.4. The summed E-state index contributed by atoms with van der Waals surface area (Å²) in [6.45, 7) is 0. The Morgan fingerprint density at radius 2 is 2.33 bits per heavy atom. The van der Waals surface area contributed by atoms with Crippen molar-refractivity contribution in [3.8, 4) is 11.8 Å². The van der Waals surface area contributed by atoms with Crippen molar-refractivity contribution in [2.75, 3.05) is 7.11 Å². The summed E-state index contributed by atoms with van der Waals surface area (Å²) >= 11 is 0. The first-order chi connectivity index (χ1) is 8.65. The van der Waals surface area contributed by atoms with E-state index in [9.17, 15) is 9.18 Å². The number of rotatable bonds is 4. The van der Waals surface area contributed by atoms with Crippen molar-refractivity contribution in [3.05, 3.63) is 29.6 Å². The van der Waals surface area contributed by atoms with Gasteiger partial charge in [0.1, 0.15) is 17.6 Å². The van der Waals surface area contributed by atoms with E-state index in [4.69, 9.17) is 10.00 Å². The van der Waals surface area contributed by atoms with Gasteiger partial charge in [-0.1, -0.05) is 0 Å². The number of hydrogen-bond acceptors (Lipinski definition) is 3. The lowest BCUT2D eigenvalue weighted by atomic mass is 10.1. The van der Waals surface area contributed by atoms with Crippen molar-refractivity contribution in [3.63, 3.8) is 0 Å². The molecule has 1 atom stereocenters. The maximum absolute atomic E-state index is 13.6. The van der Waals surface area contributed by atoms with Gasteiger partial charge in [-0.3, -0.25) is 4.79 Å². The van der Waals surface area contributed by atoms with E-state index in [1.807, 2.05) is 6.07 Å². The third-order valence-corrected chi connectivity index (χ3v) is 2.94. The molecule has 2 rings (SSSR count). The fourth-order valence-corrected chi connectivity index (χ4v) is 1.71. The molecule has 0 aromatic heterocycles. The molecular formula is C13H13FN2O2. The quantitative estimate of drug-likeness (QED) is 0.884. The standard InChI is InChI=1S/C13H13FN2O2/c1-18-9-4-5-10(11(14)6-9)13(17)16-12(7-15)8-2-3-8/h4-6,8,12H,2-3H2,1H3,(H,16,17). The van der Waals surface area contributed by atoms with Gasteiger partial charge < -0.3 is 10.1 Å². The van der Waals surface area contributed by atoms with E-state index in [2.05, 4.69) is 5.32 Å². The highest BCUT2D eigenvalue weighted by Crippen LogP contribution is 2.32. The Morgan fingerprint density at radius 3 is 2.83 bits per heavy atom. The fourth-order valence-electron chi connectivity index (χ4n) is 1.71. The second-order valence-electron chi connectivity index (χ2n) is 4.26. The number of halogens is 1. The summed E-state index contributed by atoms with van der Waals surface area (Å²) in [6.07, 6.45) is 1.87. The van der Waals surface area contributed by atoms with Crippen LogP contribution in [0.3, 0.4) is 0 Å². The van der Waals surface area contributed by atoms with Crippen LogP contribution in [0, 0.1) is 23.1 Å². The van der Waals surface area contributed by atoms with Crippen LogP contribution in [0.25, 0.3) is 0 Å². The van der Waals surface area contributed by atoms with E-state index in [1.54, 1.807) is 0 Å². The molecule has 4 nitrogen and oxygen atoms in total. The van der Waals surface area contributed by atoms with Crippen LogP contribution in [-0.2, 0) is 0 Å². The number of amides is 1. The SMILES string of the molecule is COc1ccc(C(=O)NC(C#N)C2CC2)c(F)c1. The van der Waals surface area contributed by atoms with Gasteiger partial charge in [-0.05, 0) is 30.9 Å². The molecule has 0 saturated heterocycles. The lowest BCUT2D eigenvalue weighted by Gasteiger charge is -2.11. The van der Waals surface area contributed by atoms with E-state index in [0.717, 1.165) is 18.9 Å². The number of hydrogen-bond donors (Lipinski definition) is 1. The number of nitrogens with one attached hydrogen (secondary N) is 1. The van der Waals surface area contributed by atoms with Crippen molar-refractivity contribution in [1.82, 2.24) is 5.32 Å². The molecule has 1 saturated carbocycles. The predicted molar refractivity (Wildman–Crippen MR) is 62.5 cm³/mol. The number of carbonyl (C=O) groups is 1. The molecule has 0 radical (unpaired) electrons. The predicted octanol–water partition coefficient (Wildman–Crippen LogP) is 1.87. The van der Waals surface area contributed by atoms with Crippen LogP contribution in [0.4, 0.5) is 4.39 Å². The van der Waals surface area contributed by atoms with Gasteiger partial charge in [-0.15, -0.1) is 0 Å². The average Bonchev–Trinajstić information content (AvgIpc) is 3.19. The van der Waals surface area contributed by atoms with Gasteiger partial charge in [0.25, 0.3) is 5.91 Å². The molecule has 5 heteroatoms. The van der Waals surface area contributed by atoms with Gasteiger partial charge in [-0.25, -0.2) is 4.39 Å². The first-order valence-electron chi connectivity index (χ1n) is 5.69. The second kappa shape index (κ2) is 5.05. The maximum Gasteiger partial charge on any atom is 0.255 e. The van der Waals surface area contributed by atoms with E-state index >= 15 is 0 Å². The Morgan fingerprint density at radius 1 is 1.61 bits per heavy atom. The highest BCUT2D eigenvalue weighted by atomic mass is 19.1. The van der Waals surface area contributed by atoms with Gasteiger partial charge in [0.2, 0.25) is 0 Å². The molecule has 1 fully saturated rings. The minimum Gasteiger partial charge on any atom is -0.497 e. The van der Waals surface area contributed by atoms with E-state index < -0.39 is 17.8 Å². The van der Waals surface area contributed by atoms with Crippen LogP contribution in [0.15, 0.2) is 18.2 Å². The zero-order chi connectivity index (χ0) is 13.1. The van der Waals surface area contributed by atoms with Crippen molar-refractivity contribution >= 4 is 5.91 Å². The van der Waals surface area contributed by atoms with Crippen molar-refractivity contribution in [1.29, 1.82) is 5.26 Å². The van der Waals surface area contributed by atoms with Crippen LogP contribution in [-0.4, -0.2) is 19.1 Å². The molecule has 0 aliphatic heterocycles. The summed E-state index contributed by atoms with van der Waals surface area (Å²) in [5.41, 5.74) is -0.0725. The molecule has 1 aromatic rings. The number of ether oxygens (including phenoxy) is 1. The summed E-state index contributed by atoms with van der Waals surface area (Å²) in [4.78, 5) is 11.8. The first kappa shape index (κ1) is 12.4. The van der Waals surface area contributed by atoms with Gasteiger partial charge in [0.05, 0.1) is 18.7 Å². The summed E-state index contributed by atoms with van der Waals surface area (Å²) < 4.78 is 18.5. The van der Waals surface area contributed by atoms with Gasteiger partial charge in [-0.2, -0.15) is 5.26 Å². The Kier molecular flexibility index (Phi) is 3.47. The average molecular weight is 248 g/mol. The molecule has 1 unspecified atom stereocenters. The molecule has 0 heterocycles. The Hall–Kier alpha value is -2.09. The Bertz CT molecular complexity index is 506. The van der Waals surface area contributed by atoms with Crippen LogP contribution in [0.1, 0.15) is 23.2 Å². The van der Waals surface area contributed by atoms with E-state index in [1.165, 1.54) is 19.2 Å². The van der Waals surface area contributed by atoms with Crippen LogP contribution < -0.4 is 10.1 Å². The summed E-state index contributed by atoms with van der Waals surface area (Å²) in [6, 6.07) is 5.51. The number of nitriles is 1. The molecule has 18 heavy (non-hydrogen) atoms. The summed E-state index contributed by atoms with van der Waals surface area (Å²) in [7, 11) is 1.42. The molecule has 1 aliphatic rings. The van der Waals surface area contributed by atoms with Crippen molar-refractivity contribution in [2.24, 2.45) is 5.92 Å². The van der Waals surface area contributed by atoms with Crippen LogP contribution >= 0.6 is 0 Å². The number of methoxy groups -OCH3 is 1. The normalized spacial score (nSPS) is 15.6. The van der Waals surface area contributed by atoms with Gasteiger partial charge >= 0.3 is 0 Å². The van der Waals surface area contributed by atoms with Crippen LogP contribution in [0.5, 0.6) is 5.75 Å². The smallest absolute Gasteiger partial charge is 0.255 e. The molecule has 1 aromatic carbocycles. The lowest BCUT2D eigenvalue weighted by molar-refractivity contribution is 0.0938. The molecule has 1 amide bonds. The molecule has 0 spiro atoms.